The molecular formula is C10H10N2O8. The molecule has 0 aliphatic carbocycles. The average molecular weight is 286 g/mol. The number of hydrogen-bond acceptors (Lipinski definition) is 8. The van der Waals surface area contributed by atoms with E-state index in [1.54, 1.807) is 0 Å². The second kappa shape index (κ2) is 5.82. The Balaban J connectivity index is 3.27. The van der Waals surface area contributed by atoms with Crippen LogP contribution in [0.25, 0.3) is 0 Å². The maximum atomic E-state index is 11.2. The molecular weight excluding hydrogens is 276 g/mol. The first-order valence-corrected chi connectivity index (χ1v) is 5.18. The number of phenols is 1. The fourth-order valence-corrected chi connectivity index (χ4v) is 1.37. The quantitative estimate of drug-likeness (QED) is 0.482. The molecule has 1 aromatic rings. The lowest BCUT2D eigenvalue weighted by atomic mass is 10.2. The summed E-state index contributed by atoms with van der Waals surface area (Å²) in [5, 5.41) is 31.0. The second-order valence-electron chi connectivity index (χ2n) is 3.58. The summed E-state index contributed by atoms with van der Waals surface area (Å²) in [7, 11) is 1.10. The molecule has 20 heavy (non-hydrogen) atoms. The zero-order valence-electron chi connectivity index (χ0n) is 10.4. The van der Waals surface area contributed by atoms with Gasteiger partial charge in [-0.05, 0) is 13.0 Å². The fourth-order valence-electron chi connectivity index (χ4n) is 1.37. The molecule has 1 atom stereocenters. The standard InChI is InChI=1S/C10H10N2O8/c1-5(10(14)19-2)20-7-4-3-6(11(15)16)9(13)8(7)12(17)18/h3-5,13H,1-2H3. The third-order valence-electron chi connectivity index (χ3n) is 2.31. The Morgan fingerprint density at radius 2 is 1.90 bits per heavy atom. The van der Waals surface area contributed by atoms with Crippen LogP contribution < -0.4 is 4.74 Å². The van der Waals surface area contributed by atoms with Gasteiger partial charge in [-0.1, -0.05) is 0 Å². The van der Waals surface area contributed by atoms with Gasteiger partial charge in [0.05, 0.1) is 17.0 Å². The van der Waals surface area contributed by atoms with E-state index in [2.05, 4.69) is 4.74 Å². The highest BCUT2D eigenvalue weighted by Crippen LogP contribution is 2.42. The van der Waals surface area contributed by atoms with Gasteiger partial charge in [-0.2, -0.15) is 0 Å². The topological polar surface area (TPSA) is 142 Å². The van der Waals surface area contributed by atoms with E-state index in [1.165, 1.54) is 6.92 Å². The largest absolute Gasteiger partial charge is 0.497 e. The van der Waals surface area contributed by atoms with E-state index in [1.807, 2.05) is 0 Å². The number of esters is 1. The maximum absolute atomic E-state index is 11.2. The number of phenolic OH excluding ortho intramolecular Hbond substituents is 1. The summed E-state index contributed by atoms with van der Waals surface area (Å²) < 4.78 is 9.35. The number of carbonyl (C=O) groups is 1. The van der Waals surface area contributed by atoms with Crippen LogP contribution in [0.2, 0.25) is 0 Å². The number of rotatable bonds is 5. The number of nitro groups is 2. The van der Waals surface area contributed by atoms with Gasteiger partial charge in [0, 0.05) is 6.07 Å². The van der Waals surface area contributed by atoms with Crippen LogP contribution in [0.5, 0.6) is 11.5 Å². The average Bonchev–Trinajstić information content (AvgIpc) is 2.36. The van der Waals surface area contributed by atoms with Crippen LogP contribution in [-0.2, 0) is 9.53 Å². The van der Waals surface area contributed by atoms with Crippen LogP contribution in [0.1, 0.15) is 6.92 Å². The molecule has 1 N–H and O–H groups in total. The molecule has 0 aliphatic heterocycles. The summed E-state index contributed by atoms with van der Waals surface area (Å²) in [5.74, 6) is -2.41. The molecule has 1 rings (SSSR count). The molecule has 1 unspecified atom stereocenters. The van der Waals surface area contributed by atoms with Crippen molar-refractivity contribution in [2.24, 2.45) is 0 Å². The predicted molar refractivity (Wildman–Crippen MR) is 63.5 cm³/mol. The minimum absolute atomic E-state index is 0.476. The summed E-state index contributed by atoms with van der Waals surface area (Å²) in [6.07, 6.45) is -1.18. The maximum Gasteiger partial charge on any atom is 0.359 e. The molecule has 0 radical (unpaired) electrons. The van der Waals surface area contributed by atoms with Gasteiger partial charge in [0.15, 0.2) is 6.10 Å². The van der Waals surface area contributed by atoms with Crippen LogP contribution >= 0.6 is 0 Å². The van der Waals surface area contributed by atoms with Crippen molar-refractivity contribution < 1.29 is 29.2 Å². The highest BCUT2D eigenvalue weighted by Gasteiger charge is 2.31. The zero-order chi connectivity index (χ0) is 15.4. The monoisotopic (exact) mass is 286 g/mol. The van der Waals surface area contributed by atoms with Gasteiger partial charge in [0.1, 0.15) is 0 Å². The first-order chi connectivity index (χ1) is 9.29. The summed E-state index contributed by atoms with van der Waals surface area (Å²) >= 11 is 0. The lowest BCUT2D eigenvalue weighted by molar-refractivity contribution is -0.396. The fraction of sp³-hybridized carbons (Fsp3) is 0.300. The predicted octanol–water partition coefficient (Wildman–Crippen LogP) is 1.15. The van der Waals surface area contributed by atoms with Crippen molar-refractivity contribution in [3.63, 3.8) is 0 Å². The SMILES string of the molecule is COC(=O)C(C)Oc1ccc([N+](=O)[O-])c(O)c1[N+](=O)[O-]. The van der Waals surface area contributed by atoms with Crippen molar-refractivity contribution in [2.75, 3.05) is 7.11 Å². The molecule has 0 saturated carbocycles. The van der Waals surface area contributed by atoms with Gasteiger partial charge >= 0.3 is 17.3 Å². The van der Waals surface area contributed by atoms with Crippen molar-refractivity contribution in [1.29, 1.82) is 0 Å². The van der Waals surface area contributed by atoms with E-state index in [4.69, 9.17) is 4.74 Å². The number of ether oxygens (including phenoxy) is 2. The summed E-state index contributed by atoms with van der Waals surface area (Å²) in [6, 6.07) is 1.76. The first kappa shape index (κ1) is 15.1. The Hall–Kier alpha value is -2.91. The molecule has 0 fully saturated rings. The molecule has 0 saturated heterocycles. The molecule has 0 amide bonds. The zero-order valence-corrected chi connectivity index (χ0v) is 10.4. The van der Waals surface area contributed by atoms with E-state index < -0.39 is 44.8 Å². The lowest BCUT2D eigenvalue weighted by Gasteiger charge is -2.12. The van der Waals surface area contributed by atoms with E-state index in [9.17, 15) is 30.1 Å². The summed E-state index contributed by atoms with van der Waals surface area (Å²) in [6.45, 7) is 1.27. The van der Waals surface area contributed by atoms with Gasteiger partial charge in [0.2, 0.25) is 5.75 Å². The number of nitro benzene ring substituents is 2. The number of aromatic hydroxyl groups is 1. The molecule has 0 heterocycles. The van der Waals surface area contributed by atoms with E-state index in [0.29, 0.717) is 0 Å². The number of methoxy groups -OCH3 is 1. The van der Waals surface area contributed by atoms with Gasteiger partial charge in [-0.3, -0.25) is 20.2 Å². The van der Waals surface area contributed by atoms with Crippen molar-refractivity contribution in [2.45, 2.75) is 13.0 Å². The molecule has 0 aliphatic rings. The Bertz CT molecular complexity index is 571. The van der Waals surface area contributed by atoms with E-state index in [0.717, 1.165) is 19.2 Å². The molecule has 10 heteroatoms. The first-order valence-electron chi connectivity index (χ1n) is 5.18. The molecule has 0 bridgehead atoms. The van der Waals surface area contributed by atoms with Crippen LogP contribution in [-0.4, -0.2) is 34.1 Å². The molecule has 10 nitrogen and oxygen atoms in total. The molecule has 108 valence electrons. The third-order valence-corrected chi connectivity index (χ3v) is 2.31. The van der Waals surface area contributed by atoms with Crippen molar-refractivity contribution in [3.05, 3.63) is 32.4 Å². The van der Waals surface area contributed by atoms with Crippen LogP contribution in [0, 0.1) is 20.2 Å². The Labute approximate surface area is 111 Å². The normalized spacial score (nSPS) is 11.5. The Kier molecular flexibility index (Phi) is 4.41. The highest BCUT2D eigenvalue weighted by atomic mass is 16.6. The smallest absolute Gasteiger partial charge is 0.359 e. The lowest BCUT2D eigenvalue weighted by Crippen LogP contribution is -2.25. The Morgan fingerprint density at radius 3 is 2.35 bits per heavy atom. The number of carbonyl (C=O) groups excluding carboxylic acids is 1. The summed E-state index contributed by atoms with van der Waals surface area (Å²) in [5.41, 5.74) is -1.83. The number of hydrogen-bond donors (Lipinski definition) is 1. The Morgan fingerprint density at radius 1 is 1.30 bits per heavy atom. The van der Waals surface area contributed by atoms with Crippen molar-refractivity contribution >= 4 is 17.3 Å². The van der Waals surface area contributed by atoms with Crippen LogP contribution in [0.15, 0.2) is 12.1 Å². The highest BCUT2D eigenvalue weighted by molar-refractivity contribution is 5.75. The molecule has 1 aromatic carbocycles. The number of nitrogens with zero attached hydrogens (tertiary/aromatic N) is 2. The number of benzene rings is 1. The van der Waals surface area contributed by atoms with E-state index >= 15 is 0 Å². The third kappa shape index (κ3) is 2.91. The van der Waals surface area contributed by atoms with Gasteiger partial charge < -0.3 is 14.6 Å². The summed E-state index contributed by atoms with van der Waals surface area (Å²) in [4.78, 5) is 30.6. The molecule has 0 aromatic heterocycles. The van der Waals surface area contributed by atoms with Gasteiger partial charge in [0.25, 0.3) is 5.75 Å². The molecule has 0 spiro atoms. The van der Waals surface area contributed by atoms with Crippen LogP contribution in [0.3, 0.4) is 0 Å². The minimum atomic E-state index is -1.18. The van der Waals surface area contributed by atoms with Gasteiger partial charge in [-0.25, -0.2) is 4.79 Å². The minimum Gasteiger partial charge on any atom is -0.497 e. The van der Waals surface area contributed by atoms with Crippen molar-refractivity contribution in [1.82, 2.24) is 0 Å². The van der Waals surface area contributed by atoms with E-state index in [-0.39, 0.29) is 0 Å². The van der Waals surface area contributed by atoms with Crippen molar-refractivity contribution in [3.8, 4) is 11.5 Å². The second-order valence-corrected chi connectivity index (χ2v) is 3.58. The van der Waals surface area contributed by atoms with Crippen LogP contribution in [0.4, 0.5) is 11.4 Å². The van der Waals surface area contributed by atoms with Gasteiger partial charge in [-0.15, -0.1) is 0 Å².